The molecule has 1 saturated heterocycles. The van der Waals surface area contributed by atoms with Crippen molar-refractivity contribution in [1.29, 1.82) is 0 Å². The summed E-state index contributed by atoms with van der Waals surface area (Å²) in [5.74, 6) is 0. The van der Waals surface area contributed by atoms with Gasteiger partial charge in [-0.3, -0.25) is 9.69 Å². The minimum atomic E-state index is -0.0825. The Labute approximate surface area is 246 Å². The SMILES string of the molecule is CC(COCN(C(C)C)C(C)C)Nc1ccc2c(c1)Sc1cccc(C3CN(c4cc[nH]c(=O)c4)CCO3)c1S2. The van der Waals surface area contributed by atoms with Gasteiger partial charge in [-0.1, -0.05) is 35.7 Å². The maximum Gasteiger partial charge on any atom is 0.249 e. The number of benzene rings is 2. The maximum absolute atomic E-state index is 11.9. The first kappa shape index (κ1) is 29.1. The van der Waals surface area contributed by atoms with E-state index in [0.717, 1.165) is 17.9 Å². The highest BCUT2D eigenvalue weighted by Gasteiger charge is 2.28. The average Bonchev–Trinajstić information content (AvgIpc) is 2.93. The molecule has 0 spiro atoms. The number of nitrogens with one attached hydrogen (secondary N) is 2. The highest BCUT2D eigenvalue weighted by Crippen LogP contribution is 2.51. The number of rotatable bonds is 10. The van der Waals surface area contributed by atoms with E-state index in [2.05, 4.69) is 91.1 Å². The van der Waals surface area contributed by atoms with Crippen LogP contribution in [0.25, 0.3) is 0 Å². The number of aromatic amines is 1. The van der Waals surface area contributed by atoms with Crippen LogP contribution >= 0.6 is 23.5 Å². The fourth-order valence-electron chi connectivity index (χ4n) is 5.22. The van der Waals surface area contributed by atoms with Crippen molar-refractivity contribution in [1.82, 2.24) is 9.88 Å². The molecular formula is C31H40N4O3S2. The van der Waals surface area contributed by atoms with Crippen molar-refractivity contribution in [3.63, 3.8) is 0 Å². The van der Waals surface area contributed by atoms with Gasteiger partial charge < -0.3 is 24.7 Å². The molecule has 0 bridgehead atoms. The van der Waals surface area contributed by atoms with Crippen molar-refractivity contribution < 1.29 is 9.47 Å². The molecule has 2 aliphatic rings. The lowest BCUT2D eigenvalue weighted by Crippen LogP contribution is -2.39. The second kappa shape index (κ2) is 13.0. The summed E-state index contributed by atoms with van der Waals surface area (Å²) in [6, 6.07) is 17.9. The van der Waals surface area contributed by atoms with Gasteiger partial charge in [-0.25, -0.2) is 0 Å². The Hall–Kier alpha value is -2.43. The van der Waals surface area contributed by atoms with Crippen LogP contribution in [0.15, 0.2) is 79.1 Å². The van der Waals surface area contributed by atoms with E-state index in [4.69, 9.17) is 9.47 Å². The molecule has 1 aromatic heterocycles. The van der Waals surface area contributed by atoms with Crippen LogP contribution in [0.3, 0.4) is 0 Å². The molecule has 9 heteroatoms. The third-order valence-electron chi connectivity index (χ3n) is 7.27. The monoisotopic (exact) mass is 580 g/mol. The number of hydrogen-bond donors (Lipinski definition) is 2. The van der Waals surface area contributed by atoms with E-state index in [1.165, 1.54) is 25.1 Å². The summed E-state index contributed by atoms with van der Waals surface area (Å²) >= 11 is 3.64. The Morgan fingerprint density at radius 2 is 1.88 bits per heavy atom. The summed E-state index contributed by atoms with van der Waals surface area (Å²) < 4.78 is 12.3. The Morgan fingerprint density at radius 1 is 1.05 bits per heavy atom. The largest absolute Gasteiger partial charge is 0.380 e. The quantitative estimate of drug-likeness (QED) is 0.207. The molecule has 0 amide bonds. The van der Waals surface area contributed by atoms with Gasteiger partial charge in [-0.2, -0.15) is 0 Å². The number of fused-ring (bicyclic) bond motifs is 2. The van der Waals surface area contributed by atoms with Crippen molar-refractivity contribution in [2.75, 3.05) is 43.3 Å². The summed E-state index contributed by atoms with van der Waals surface area (Å²) in [5, 5.41) is 3.62. The standard InChI is InChI=1S/C31H40N4O3S2/c1-20(2)35(21(3)4)19-37-18-22(5)33-23-9-10-27-29(15-23)39-28-8-6-7-25(31(28)40-27)26-17-34(13-14-38-26)24-11-12-32-30(36)16-24/h6-12,15-16,20-22,26,33H,13-14,17-19H2,1-5H3,(H,32,36). The van der Waals surface area contributed by atoms with Crippen molar-refractivity contribution in [3.05, 3.63) is 70.6 Å². The van der Waals surface area contributed by atoms with Crippen molar-refractivity contribution in [3.8, 4) is 0 Å². The van der Waals surface area contributed by atoms with Gasteiger partial charge in [0.2, 0.25) is 5.56 Å². The van der Waals surface area contributed by atoms with Crippen molar-refractivity contribution in [2.24, 2.45) is 0 Å². The summed E-state index contributed by atoms with van der Waals surface area (Å²) in [5.41, 5.74) is 3.17. The number of morpholine rings is 1. The third kappa shape index (κ3) is 6.89. The minimum Gasteiger partial charge on any atom is -0.380 e. The van der Waals surface area contributed by atoms with E-state index in [9.17, 15) is 4.79 Å². The van der Waals surface area contributed by atoms with Gasteiger partial charge in [0.1, 0.15) is 6.10 Å². The van der Waals surface area contributed by atoms with Gasteiger partial charge in [0.05, 0.1) is 19.9 Å². The molecule has 2 aromatic carbocycles. The normalized spacial score (nSPS) is 17.7. The smallest absolute Gasteiger partial charge is 0.249 e. The van der Waals surface area contributed by atoms with E-state index in [-0.39, 0.29) is 17.7 Å². The predicted octanol–water partition coefficient (Wildman–Crippen LogP) is 6.46. The second-order valence-corrected chi connectivity index (χ2v) is 13.1. The van der Waals surface area contributed by atoms with Crippen LogP contribution in [0.5, 0.6) is 0 Å². The molecule has 40 heavy (non-hydrogen) atoms. The first-order valence-electron chi connectivity index (χ1n) is 14.1. The zero-order valence-corrected chi connectivity index (χ0v) is 25.6. The first-order chi connectivity index (χ1) is 19.3. The maximum atomic E-state index is 11.9. The van der Waals surface area contributed by atoms with Crippen LogP contribution < -0.4 is 15.8 Å². The van der Waals surface area contributed by atoms with Crippen LogP contribution in [-0.2, 0) is 9.47 Å². The van der Waals surface area contributed by atoms with Gasteiger partial charge in [0.25, 0.3) is 0 Å². The van der Waals surface area contributed by atoms with Gasteiger partial charge in [0, 0.05) is 74.4 Å². The minimum absolute atomic E-state index is 0.0539. The van der Waals surface area contributed by atoms with Crippen molar-refractivity contribution in [2.45, 2.75) is 78.4 Å². The molecule has 0 radical (unpaired) electrons. The molecule has 0 aliphatic carbocycles. The van der Waals surface area contributed by atoms with Crippen LogP contribution in [-0.4, -0.2) is 61.0 Å². The Morgan fingerprint density at radius 3 is 2.65 bits per heavy atom. The van der Waals surface area contributed by atoms with E-state index in [1.807, 2.05) is 29.6 Å². The lowest BCUT2D eigenvalue weighted by molar-refractivity contribution is -0.00726. The lowest BCUT2D eigenvalue weighted by atomic mass is 10.1. The Bertz CT molecular complexity index is 1350. The third-order valence-corrected chi connectivity index (χ3v) is 9.88. The Balaban J connectivity index is 1.24. The lowest BCUT2D eigenvalue weighted by Gasteiger charge is -2.36. The molecule has 2 atom stereocenters. The van der Waals surface area contributed by atoms with Crippen LogP contribution in [0, 0.1) is 0 Å². The second-order valence-electron chi connectivity index (χ2n) is 11.0. The number of aromatic nitrogens is 1. The topological polar surface area (TPSA) is 69.8 Å². The number of ether oxygens (including phenoxy) is 2. The molecule has 3 heterocycles. The fourth-order valence-corrected chi connectivity index (χ4v) is 7.67. The van der Waals surface area contributed by atoms with Gasteiger partial charge in [-0.05, 0) is 70.5 Å². The predicted molar refractivity (Wildman–Crippen MR) is 165 cm³/mol. The molecule has 5 rings (SSSR count). The number of pyridine rings is 1. The summed E-state index contributed by atoms with van der Waals surface area (Å²) in [7, 11) is 0. The number of hydrogen-bond acceptors (Lipinski definition) is 8. The highest BCUT2D eigenvalue weighted by atomic mass is 32.2. The molecule has 1 fully saturated rings. The molecular weight excluding hydrogens is 541 g/mol. The van der Waals surface area contributed by atoms with E-state index in [0.29, 0.717) is 38.6 Å². The van der Waals surface area contributed by atoms with Crippen LogP contribution in [0.2, 0.25) is 0 Å². The molecule has 7 nitrogen and oxygen atoms in total. The molecule has 214 valence electrons. The first-order valence-corrected chi connectivity index (χ1v) is 15.7. The zero-order chi connectivity index (χ0) is 28.2. The van der Waals surface area contributed by atoms with Crippen LogP contribution in [0.4, 0.5) is 11.4 Å². The molecule has 2 aliphatic heterocycles. The molecule has 2 unspecified atom stereocenters. The molecule has 2 N–H and O–H groups in total. The fraction of sp³-hybridized carbons (Fsp3) is 0.452. The highest BCUT2D eigenvalue weighted by molar-refractivity contribution is 8.05. The van der Waals surface area contributed by atoms with Gasteiger partial charge >= 0.3 is 0 Å². The molecule has 0 saturated carbocycles. The number of anilines is 2. The average molecular weight is 581 g/mol. The van der Waals surface area contributed by atoms with Crippen LogP contribution in [0.1, 0.15) is 46.3 Å². The zero-order valence-electron chi connectivity index (χ0n) is 24.0. The Kier molecular flexibility index (Phi) is 9.48. The van der Waals surface area contributed by atoms with E-state index in [1.54, 1.807) is 12.3 Å². The van der Waals surface area contributed by atoms with E-state index >= 15 is 0 Å². The van der Waals surface area contributed by atoms with Crippen molar-refractivity contribution >= 4 is 34.9 Å². The summed E-state index contributed by atoms with van der Waals surface area (Å²) in [6.07, 6.45) is 1.65. The van der Waals surface area contributed by atoms with Gasteiger partial charge in [0.15, 0.2) is 0 Å². The summed E-state index contributed by atoms with van der Waals surface area (Å²) in [4.78, 5) is 24.2. The number of H-pyrrole nitrogens is 1. The van der Waals surface area contributed by atoms with E-state index < -0.39 is 0 Å². The number of nitrogens with zero attached hydrogens (tertiary/aromatic N) is 2. The van der Waals surface area contributed by atoms with Gasteiger partial charge in [-0.15, -0.1) is 0 Å². The molecule has 3 aromatic rings. The summed E-state index contributed by atoms with van der Waals surface area (Å²) in [6.45, 7) is 14.4.